The lowest BCUT2D eigenvalue weighted by Crippen LogP contribution is -2.15. The summed E-state index contributed by atoms with van der Waals surface area (Å²) in [5.74, 6) is -4.42. The van der Waals surface area contributed by atoms with Crippen LogP contribution in [0.2, 0.25) is 0 Å². The first kappa shape index (κ1) is 19.4. The molecule has 2 rings (SSSR count). The summed E-state index contributed by atoms with van der Waals surface area (Å²) in [7, 11) is 0. The number of ether oxygens (including phenoxy) is 1. The van der Waals surface area contributed by atoms with Crippen LogP contribution in [0.5, 0.6) is 0 Å². The third-order valence-electron chi connectivity index (χ3n) is 3.25. The second-order valence-corrected chi connectivity index (χ2v) is 5.97. The van der Waals surface area contributed by atoms with Crippen LogP contribution in [0, 0.1) is 17.0 Å². The number of halogens is 2. The van der Waals surface area contributed by atoms with E-state index >= 15 is 0 Å². The number of Topliss-reactive ketones (excluding diaryl/α,β-unsaturated/α-hetero) is 1. The van der Waals surface area contributed by atoms with Gasteiger partial charge in [-0.2, -0.15) is 8.78 Å². The van der Waals surface area contributed by atoms with Crippen molar-refractivity contribution < 1.29 is 28.0 Å². The molecule has 1 aromatic carbocycles. The first-order chi connectivity index (χ1) is 12.3. The van der Waals surface area contributed by atoms with E-state index in [4.69, 9.17) is 4.74 Å². The number of pyridine rings is 1. The molecule has 0 saturated carbocycles. The summed E-state index contributed by atoms with van der Waals surface area (Å²) in [6, 6.07) is 6.50. The lowest BCUT2D eigenvalue weighted by atomic mass is 10.1. The highest BCUT2D eigenvalue weighted by molar-refractivity contribution is 7.99. The highest BCUT2D eigenvalue weighted by atomic mass is 32.2. The maximum absolute atomic E-state index is 12.5. The molecule has 1 heterocycles. The minimum Gasteiger partial charge on any atom is -0.454 e. The van der Waals surface area contributed by atoms with Crippen molar-refractivity contribution in [3.05, 3.63) is 63.3 Å². The lowest BCUT2D eigenvalue weighted by molar-refractivity contribution is -0.385. The molecule has 0 radical (unpaired) electrons. The number of esters is 1. The van der Waals surface area contributed by atoms with Gasteiger partial charge >= 0.3 is 5.97 Å². The Kier molecular flexibility index (Phi) is 6.34. The molecule has 0 amide bonds. The minimum absolute atomic E-state index is 0.00321. The molecule has 2 aromatic rings. The van der Waals surface area contributed by atoms with Crippen molar-refractivity contribution in [2.24, 2.45) is 0 Å². The van der Waals surface area contributed by atoms with Gasteiger partial charge in [0.25, 0.3) is 11.4 Å². The van der Waals surface area contributed by atoms with E-state index in [-0.39, 0.29) is 33.6 Å². The van der Waals surface area contributed by atoms with Gasteiger partial charge in [-0.15, -0.1) is 0 Å². The smallest absolute Gasteiger partial charge is 0.341 e. The van der Waals surface area contributed by atoms with Gasteiger partial charge in [0.2, 0.25) is 5.78 Å². The summed E-state index contributed by atoms with van der Waals surface area (Å²) in [4.78, 5) is 38.1. The van der Waals surface area contributed by atoms with Crippen LogP contribution in [0.3, 0.4) is 0 Å². The average molecular weight is 382 g/mol. The predicted octanol–water partition coefficient (Wildman–Crippen LogP) is 3.65. The summed E-state index contributed by atoms with van der Waals surface area (Å²) < 4.78 is 29.8. The van der Waals surface area contributed by atoms with E-state index in [1.165, 1.54) is 37.4 Å². The van der Waals surface area contributed by atoms with E-state index in [2.05, 4.69) is 4.98 Å². The van der Waals surface area contributed by atoms with Gasteiger partial charge in [0, 0.05) is 23.4 Å². The molecule has 0 saturated heterocycles. The third-order valence-corrected chi connectivity index (χ3v) is 3.98. The summed E-state index contributed by atoms with van der Waals surface area (Å²) in [5, 5.41) is 10.7. The number of aromatic nitrogens is 1. The van der Waals surface area contributed by atoms with Gasteiger partial charge in [-0.3, -0.25) is 14.9 Å². The molecule has 0 spiro atoms. The zero-order chi connectivity index (χ0) is 19.3. The molecule has 1 aromatic heterocycles. The molecular weight excluding hydrogens is 370 g/mol. The molecule has 0 N–H and O–H groups in total. The summed E-state index contributed by atoms with van der Waals surface area (Å²) >= 11 is 0.0856. The van der Waals surface area contributed by atoms with E-state index in [1.54, 1.807) is 0 Å². The van der Waals surface area contributed by atoms with Crippen LogP contribution in [-0.4, -0.2) is 34.0 Å². The van der Waals surface area contributed by atoms with E-state index in [0.717, 1.165) is 6.07 Å². The number of benzene rings is 1. The van der Waals surface area contributed by atoms with Crippen LogP contribution < -0.4 is 0 Å². The molecular formula is C16H12F2N2O5S. The lowest BCUT2D eigenvalue weighted by Gasteiger charge is -2.08. The number of carbonyl (C=O) groups excluding carboxylic acids is 2. The highest BCUT2D eigenvalue weighted by Gasteiger charge is 2.20. The van der Waals surface area contributed by atoms with Gasteiger partial charge < -0.3 is 4.74 Å². The second kappa shape index (κ2) is 8.48. The van der Waals surface area contributed by atoms with E-state index in [9.17, 15) is 28.5 Å². The normalized spacial score (nSPS) is 10.6. The van der Waals surface area contributed by atoms with Crippen molar-refractivity contribution in [3.8, 4) is 0 Å². The molecule has 26 heavy (non-hydrogen) atoms. The Hall–Kier alpha value is -2.88. The van der Waals surface area contributed by atoms with Gasteiger partial charge in [-0.25, -0.2) is 9.78 Å². The molecule has 7 nitrogen and oxygen atoms in total. The van der Waals surface area contributed by atoms with Gasteiger partial charge in [0.1, 0.15) is 5.03 Å². The van der Waals surface area contributed by atoms with Crippen molar-refractivity contribution in [2.75, 3.05) is 6.61 Å². The summed E-state index contributed by atoms with van der Waals surface area (Å²) in [6.07, 6.45) is 1.25. The molecule has 0 atom stereocenters. The largest absolute Gasteiger partial charge is 0.454 e. The molecule has 0 bridgehead atoms. The first-order valence-electron chi connectivity index (χ1n) is 7.14. The number of thioether (sulfide) groups is 1. The fraction of sp³-hybridized carbons (Fsp3) is 0.188. The number of hydrogen-bond acceptors (Lipinski definition) is 7. The Labute approximate surface area is 150 Å². The monoisotopic (exact) mass is 382 g/mol. The van der Waals surface area contributed by atoms with E-state index in [0.29, 0.717) is 5.56 Å². The maximum Gasteiger partial charge on any atom is 0.341 e. The quantitative estimate of drug-likeness (QED) is 0.237. The Bertz CT molecular complexity index is 860. The summed E-state index contributed by atoms with van der Waals surface area (Å²) in [5.41, 5.74) is -0.0402. The number of aryl methyl sites for hydroxylation is 1. The molecule has 10 heteroatoms. The Balaban J connectivity index is 2.09. The molecule has 0 unspecified atom stereocenters. The number of nitrogens with zero attached hydrogens (tertiary/aromatic N) is 2. The molecule has 0 aliphatic heterocycles. The van der Waals surface area contributed by atoms with Crippen molar-refractivity contribution in [3.63, 3.8) is 0 Å². The van der Waals surface area contributed by atoms with Crippen molar-refractivity contribution >= 4 is 29.2 Å². The van der Waals surface area contributed by atoms with Gasteiger partial charge in [-0.1, -0.05) is 12.1 Å². The van der Waals surface area contributed by atoms with Gasteiger partial charge in [0.05, 0.1) is 10.5 Å². The number of nitro benzene ring substituents is 1. The Morgan fingerprint density at radius 3 is 2.73 bits per heavy atom. The number of rotatable bonds is 7. The fourth-order valence-corrected chi connectivity index (χ4v) is 2.57. The molecule has 0 aliphatic carbocycles. The average Bonchev–Trinajstić information content (AvgIpc) is 2.59. The second-order valence-electron chi connectivity index (χ2n) is 4.99. The molecule has 136 valence electrons. The van der Waals surface area contributed by atoms with Crippen LogP contribution in [0.15, 0.2) is 41.6 Å². The van der Waals surface area contributed by atoms with Crippen LogP contribution in [0.4, 0.5) is 14.5 Å². The topological polar surface area (TPSA) is 99.4 Å². The Morgan fingerprint density at radius 2 is 2.08 bits per heavy atom. The predicted molar refractivity (Wildman–Crippen MR) is 88.5 cm³/mol. The summed E-state index contributed by atoms with van der Waals surface area (Å²) in [6.45, 7) is 0.837. The van der Waals surface area contributed by atoms with Crippen LogP contribution in [0.1, 0.15) is 26.3 Å². The number of nitro groups is 1. The zero-order valence-electron chi connectivity index (χ0n) is 13.3. The molecule has 0 aliphatic rings. The first-order valence-corrected chi connectivity index (χ1v) is 8.02. The third kappa shape index (κ3) is 4.82. The van der Waals surface area contributed by atoms with E-state index < -0.39 is 29.0 Å². The van der Waals surface area contributed by atoms with Crippen molar-refractivity contribution in [1.29, 1.82) is 0 Å². The molecule has 0 fully saturated rings. The zero-order valence-corrected chi connectivity index (χ0v) is 14.2. The fourth-order valence-electron chi connectivity index (χ4n) is 2.00. The maximum atomic E-state index is 12.5. The highest BCUT2D eigenvalue weighted by Crippen LogP contribution is 2.26. The van der Waals surface area contributed by atoms with Gasteiger partial charge in [0.15, 0.2) is 6.61 Å². The number of ketones is 1. The van der Waals surface area contributed by atoms with E-state index in [1.807, 2.05) is 0 Å². The number of alkyl halides is 2. The van der Waals surface area contributed by atoms with Crippen molar-refractivity contribution in [2.45, 2.75) is 17.7 Å². The number of carbonyl (C=O) groups is 2. The number of hydrogen-bond donors (Lipinski definition) is 0. The Morgan fingerprint density at radius 1 is 1.35 bits per heavy atom. The van der Waals surface area contributed by atoms with Crippen LogP contribution in [0.25, 0.3) is 0 Å². The SMILES string of the molecule is Cc1ccc(C(=O)COC(=O)c2cccnc2SC(F)F)cc1[N+](=O)[O-]. The minimum atomic E-state index is -2.77. The standard InChI is InChI=1S/C16H12F2N2O5S/c1-9-4-5-10(7-12(9)20(23)24)13(21)8-25-15(22)11-3-2-6-19-14(11)26-16(17)18/h2-7,16H,8H2,1H3. The van der Waals surface area contributed by atoms with Crippen LogP contribution >= 0.6 is 11.8 Å². The van der Waals surface area contributed by atoms with Crippen LogP contribution in [-0.2, 0) is 4.74 Å². The van der Waals surface area contributed by atoms with Crippen molar-refractivity contribution in [1.82, 2.24) is 4.98 Å². The van der Waals surface area contributed by atoms with Gasteiger partial charge in [-0.05, 0) is 30.8 Å².